The van der Waals surface area contributed by atoms with Crippen molar-refractivity contribution in [2.45, 2.75) is 29.3 Å². The molecule has 5 heteroatoms. The molecular formula is C14H16N4S. The van der Waals surface area contributed by atoms with E-state index in [1.165, 1.54) is 19.3 Å². The molecule has 0 bridgehead atoms. The van der Waals surface area contributed by atoms with Gasteiger partial charge in [0.2, 0.25) is 5.95 Å². The van der Waals surface area contributed by atoms with Gasteiger partial charge in [0.15, 0.2) is 0 Å². The number of aromatic nitrogens is 3. The predicted octanol–water partition coefficient (Wildman–Crippen LogP) is 3.01. The van der Waals surface area contributed by atoms with Gasteiger partial charge in [0, 0.05) is 25.5 Å². The van der Waals surface area contributed by atoms with Crippen LogP contribution in [-0.4, -0.2) is 28.0 Å². The van der Waals surface area contributed by atoms with Crippen LogP contribution in [0.1, 0.15) is 19.3 Å². The third kappa shape index (κ3) is 3.23. The molecule has 1 fully saturated rings. The summed E-state index contributed by atoms with van der Waals surface area (Å²) in [6.07, 6.45) is 7.43. The normalized spacial score (nSPS) is 15.5. The quantitative estimate of drug-likeness (QED) is 0.803. The van der Waals surface area contributed by atoms with Gasteiger partial charge in [-0.15, -0.1) is 0 Å². The average Bonchev–Trinajstić information content (AvgIpc) is 2.49. The molecule has 2 aromatic rings. The second-order valence-electron chi connectivity index (χ2n) is 4.51. The molecule has 0 atom stereocenters. The predicted molar refractivity (Wildman–Crippen MR) is 76.5 cm³/mol. The van der Waals surface area contributed by atoms with E-state index >= 15 is 0 Å². The van der Waals surface area contributed by atoms with Gasteiger partial charge in [0.25, 0.3) is 0 Å². The summed E-state index contributed by atoms with van der Waals surface area (Å²) in [7, 11) is 0. The third-order valence-corrected chi connectivity index (χ3v) is 3.99. The Morgan fingerprint density at radius 2 is 1.79 bits per heavy atom. The van der Waals surface area contributed by atoms with Crippen LogP contribution in [-0.2, 0) is 0 Å². The Hall–Kier alpha value is -1.62. The Balaban J connectivity index is 1.76. The third-order valence-electron chi connectivity index (χ3n) is 3.10. The van der Waals surface area contributed by atoms with Crippen molar-refractivity contribution in [1.29, 1.82) is 0 Å². The maximum absolute atomic E-state index is 4.63. The number of rotatable bonds is 3. The Morgan fingerprint density at radius 3 is 2.58 bits per heavy atom. The SMILES string of the molecule is c1ccc(Sc2ccnc(N3CCCCC3)n2)nc1. The van der Waals surface area contributed by atoms with Crippen molar-refractivity contribution in [3.63, 3.8) is 0 Å². The molecule has 0 spiro atoms. The average molecular weight is 272 g/mol. The number of piperidine rings is 1. The number of nitrogens with zero attached hydrogens (tertiary/aromatic N) is 4. The zero-order valence-electron chi connectivity index (χ0n) is 10.7. The van der Waals surface area contributed by atoms with E-state index in [1.807, 2.05) is 30.5 Å². The Labute approximate surface area is 117 Å². The summed E-state index contributed by atoms with van der Waals surface area (Å²) in [6.45, 7) is 2.13. The first-order valence-electron chi connectivity index (χ1n) is 6.59. The molecule has 1 saturated heterocycles. The highest BCUT2D eigenvalue weighted by Crippen LogP contribution is 2.25. The van der Waals surface area contributed by atoms with E-state index in [4.69, 9.17) is 0 Å². The minimum Gasteiger partial charge on any atom is -0.341 e. The fourth-order valence-corrected chi connectivity index (χ4v) is 2.88. The first-order chi connectivity index (χ1) is 9.42. The van der Waals surface area contributed by atoms with Crippen LogP contribution in [0, 0.1) is 0 Å². The summed E-state index contributed by atoms with van der Waals surface area (Å²) in [5, 5.41) is 1.92. The minimum absolute atomic E-state index is 0.848. The molecule has 1 aliphatic rings. The highest BCUT2D eigenvalue weighted by molar-refractivity contribution is 7.99. The lowest BCUT2D eigenvalue weighted by atomic mass is 10.1. The summed E-state index contributed by atoms with van der Waals surface area (Å²) in [5.41, 5.74) is 0. The Kier molecular flexibility index (Phi) is 3.93. The molecule has 1 aliphatic heterocycles. The maximum Gasteiger partial charge on any atom is 0.226 e. The maximum atomic E-state index is 4.63. The van der Waals surface area contributed by atoms with Gasteiger partial charge in [-0.25, -0.2) is 15.0 Å². The molecule has 98 valence electrons. The van der Waals surface area contributed by atoms with Crippen molar-refractivity contribution >= 4 is 17.7 Å². The van der Waals surface area contributed by atoms with E-state index in [1.54, 1.807) is 18.0 Å². The standard InChI is InChI=1S/C14H16N4S/c1-4-10-18(11-5-1)14-16-9-7-13(17-14)19-12-6-2-3-8-15-12/h2-3,6-9H,1,4-5,10-11H2. The molecule has 0 saturated carbocycles. The first-order valence-corrected chi connectivity index (χ1v) is 7.40. The number of anilines is 1. The molecule has 0 unspecified atom stereocenters. The van der Waals surface area contributed by atoms with Gasteiger partial charge >= 0.3 is 0 Å². The van der Waals surface area contributed by atoms with Gasteiger partial charge < -0.3 is 4.90 Å². The fourth-order valence-electron chi connectivity index (χ4n) is 2.15. The van der Waals surface area contributed by atoms with Crippen LogP contribution in [0.3, 0.4) is 0 Å². The monoisotopic (exact) mass is 272 g/mol. The highest BCUT2D eigenvalue weighted by Gasteiger charge is 2.13. The van der Waals surface area contributed by atoms with Gasteiger partial charge in [-0.3, -0.25) is 0 Å². The Bertz CT molecular complexity index is 526. The lowest BCUT2D eigenvalue weighted by molar-refractivity contribution is 0.566. The van der Waals surface area contributed by atoms with Crippen molar-refractivity contribution in [2.24, 2.45) is 0 Å². The van der Waals surface area contributed by atoms with Crippen LogP contribution in [0.2, 0.25) is 0 Å². The first kappa shape index (κ1) is 12.4. The second kappa shape index (κ2) is 6.02. The van der Waals surface area contributed by atoms with E-state index < -0.39 is 0 Å². The van der Waals surface area contributed by atoms with Gasteiger partial charge in [0.1, 0.15) is 10.1 Å². The fraction of sp³-hybridized carbons (Fsp3) is 0.357. The van der Waals surface area contributed by atoms with Gasteiger partial charge in [-0.2, -0.15) is 0 Å². The molecule has 0 aliphatic carbocycles. The van der Waals surface area contributed by atoms with Gasteiger partial charge in [-0.1, -0.05) is 6.07 Å². The zero-order chi connectivity index (χ0) is 12.9. The minimum atomic E-state index is 0.848. The Morgan fingerprint density at radius 1 is 0.895 bits per heavy atom. The molecule has 0 aromatic carbocycles. The van der Waals surface area contributed by atoms with Crippen LogP contribution in [0.15, 0.2) is 46.7 Å². The second-order valence-corrected chi connectivity index (χ2v) is 5.55. The number of pyridine rings is 1. The lowest BCUT2D eigenvalue weighted by Crippen LogP contribution is -2.30. The van der Waals surface area contributed by atoms with Crippen molar-refractivity contribution < 1.29 is 0 Å². The molecule has 3 rings (SSSR count). The molecule has 2 aromatic heterocycles. The molecular weight excluding hydrogens is 256 g/mol. The molecule has 0 N–H and O–H groups in total. The molecule has 3 heterocycles. The van der Waals surface area contributed by atoms with Crippen LogP contribution in [0.25, 0.3) is 0 Å². The van der Waals surface area contributed by atoms with Crippen LogP contribution in [0.5, 0.6) is 0 Å². The van der Waals surface area contributed by atoms with Crippen molar-refractivity contribution in [1.82, 2.24) is 15.0 Å². The van der Waals surface area contributed by atoms with E-state index in [2.05, 4.69) is 19.9 Å². The van der Waals surface area contributed by atoms with Crippen LogP contribution < -0.4 is 4.90 Å². The van der Waals surface area contributed by atoms with Gasteiger partial charge in [-0.05, 0) is 49.2 Å². The number of hydrogen-bond donors (Lipinski definition) is 0. The van der Waals surface area contributed by atoms with Crippen molar-refractivity contribution in [3.8, 4) is 0 Å². The summed E-state index contributed by atoms with van der Waals surface area (Å²) in [5.74, 6) is 0.848. The smallest absolute Gasteiger partial charge is 0.226 e. The van der Waals surface area contributed by atoms with Crippen LogP contribution >= 0.6 is 11.8 Å². The molecule has 19 heavy (non-hydrogen) atoms. The van der Waals surface area contributed by atoms with E-state index in [-0.39, 0.29) is 0 Å². The summed E-state index contributed by atoms with van der Waals surface area (Å²) in [4.78, 5) is 15.6. The van der Waals surface area contributed by atoms with Crippen molar-refractivity contribution in [3.05, 3.63) is 36.7 Å². The summed E-state index contributed by atoms with van der Waals surface area (Å²) < 4.78 is 0. The van der Waals surface area contributed by atoms with E-state index in [0.717, 1.165) is 29.1 Å². The highest BCUT2D eigenvalue weighted by atomic mass is 32.2. The largest absolute Gasteiger partial charge is 0.341 e. The number of hydrogen-bond acceptors (Lipinski definition) is 5. The molecule has 4 nitrogen and oxygen atoms in total. The zero-order valence-corrected chi connectivity index (χ0v) is 11.5. The lowest BCUT2D eigenvalue weighted by Gasteiger charge is -2.26. The van der Waals surface area contributed by atoms with E-state index in [0.29, 0.717) is 0 Å². The van der Waals surface area contributed by atoms with Gasteiger partial charge in [0.05, 0.1) is 0 Å². The van der Waals surface area contributed by atoms with Crippen LogP contribution in [0.4, 0.5) is 5.95 Å². The topological polar surface area (TPSA) is 41.9 Å². The summed E-state index contributed by atoms with van der Waals surface area (Å²) >= 11 is 1.58. The molecule has 0 radical (unpaired) electrons. The summed E-state index contributed by atoms with van der Waals surface area (Å²) in [6, 6.07) is 7.84. The van der Waals surface area contributed by atoms with Crippen molar-refractivity contribution in [2.75, 3.05) is 18.0 Å². The molecule has 0 amide bonds. The van der Waals surface area contributed by atoms with E-state index in [9.17, 15) is 0 Å².